The Morgan fingerprint density at radius 2 is 1.96 bits per heavy atom. The van der Waals surface area contributed by atoms with Crippen molar-refractivity contribution >= 4 is 23.3 Å². The summed E-state index contributed by atoms with van der Waals surface area (Å²) in [4.78, 5) is 23.6. The van der Waals surface area contributed by atoms with Gasteiger partial charge in [-0.3, -0.25) is 4.79 Å². The number of hydrogen-bond donors (Lipinski definition) is 3. The Bertz CT molecular complexity index is 753. The molecule has 7 heteroatoms. The second kappa shape index (κ2) is 8.32. The van der Waals surface area contributed by atoms with E-state index in [-0.39, 0.29) is 24.4 Å². The summed E-state index contributed by atoms with van der Waals surface area (Å²) in [5.41, 5.74) is 3.02. The number of nitrogens with zero attached hydrogens (tertiary/aromatic N) is 1. The molecule has 2 rings (SSSR count). The van der Waals surface area contributed by atoms with Crippen LogP contribution in [0.15, 0.2) is 28.8 Å². The van der Waals surface area contributed by atoms with Gasteiger partial charge in [0, 0.05) is 23.9 Å². The summed E-state index contributed by atoms with van der Waals surface area (Å²) in [6.45, 7) is 7.96. The predicted molar refractivity (Wildman–Crippen MR) is 96.6 cm³/mol. The van der Waals surface area contributed by atoms with E-state index in [4.69, 9.17) is 4.52 Å². The van der Waals surface area contributed by atoms with Crippen LogP contribution < -0.4 is 16.0 Å². The van der Waals surface area contributed by atoms with Crippen LogP contribution in [0.5, 0.6) is 0 Å². The first-order valence-corrected chi connectivity index (χ1v) is 8.30. The molecule has 1 aromatic heterocycles. The number of rotatable bonds is 6. The summed E-state index contributed by atoms with van der Waals surface area (Å²) in [5.74, 6) is 0.792. The molecule has 0 unspecified atom stereocenters. The number of hydrogen-bond acceptors (Lipinski definition) is 4. The van der Waals surface area contributed by atoms with Gasteiger partial charge in [-0.25, -0.2) is 4.79 Å². The molecule has 0 saturated carbocycles. The van der Waals surface area contributed by atoms with Crippen molar-refractivity contribution in [1.29, 1.82) is 0 Å². The molecule has 134 valence electrons. The molecule has 1 heterocycles. The molecule has 7 nitrogen and oxygen atoms in total. The lowest BCUT2D eigenvalue weighted by Crippen LogP contribution is -2.28. The summed E-state index contributed by atoms with van der Waals surface area (Å²) < 4.78 is 5.19. The van der Waals surface area contributed by atoms with Crippen molar-refractivity contribution in [2.24, 2.45) is 0 Å². The Balaban J connectivity index is 1.94. The Morgan fingerprint density at radius 3 is 2.60 bits per heavy atom. The standard InChI is InChI=1S/C18H24N4O3/c1-5-17(23)20-13-7-6-12(4)16(8-13)21-18(24)19-10-14-9-15(11(2)3)22-25-14/h6-9,11H,5,10H2,1-4H3,(H,20,23)(H2,19,21,24). The number of anilines is 2. The predicted octanol–water partition coefficient (Wildman–Crippen LogP) is 3.78. The van der Waals surface area contributed by atoms with E-state index in [0.29, 0.717) is 23.6 Å². The van der Waals surface area contributed by atoms with Gasteiger partial charge >= 0.3 is 6.03 Å². The third-order valence-corrected chi connectivity index (χ3v) is 3.68. The van der Waals surface area contributed by atoms with E-state index in [9.17, 15) is 9.59 Å². The summed E-state index contributed by atoms with van der Waals surface area (Å²) in [6, 6.07) is 6.84. The minimum absolute atomic E-state index is 0.0782. The molecule has 0 fully saturated rings. The summed E-state index contributed by atoms with van der Waals surface area (Å²) in [5, 5.41) is 12.2. The monoisotopic (exact) mass is 344 g/mol. The first-order chi connectivity index (χ1) is 11.9. The van der Waals surface area contributed by atoms with Gasteiger partial charge in [0.25, 0.3) is 0 Å². The maximum atomic E-state index is 12.1. The number of nitrogens with one attached hydrogen (secondary N) is 3. The van der Waals surface area contributed by atoms with Gasteiger partial charge in [0.1, 0.15) is 0 Å². The highest BCUT2D eigenvalue weighted by atomic mass is 16.5. The second-order valence-electron chi connectivity index (χ2n) is 6.11. The molecule has 3 N–H and O–H groups in total. The molecule has 25 heavy (non-hydrogen) atoms. The molecular weight excluding hydrogens is 320 g/mol. The summed E-state index contributed by atoms with van der Waals surface area (Å²) in [7, 11) is 0. The quantitative estimate of drug-likeness (QED) is 0.743. The zero-order valence-corrected chi connectivity index (χ0v) is 15.0. The lowest BCUT2D eigenvalue weighted by atomic mass is 10.1. The highest BCUT2D eigenvalue weighted by Crippen LogP contribution is 2.20. The van der Waals surface area contributed by atoms with Crippen molar-refractivity contribution in [2.75, 3.05) is 10.6 Å². The maximum Gasteiger partial charge on any atom is 0.319 e. The van der Waals surface area contributed by atoms with Gasteiger partial charge in [-0.2, -0.15) is 0 Å². The molecule has 0 spiro atoms. The number of benzene rings is 1. The summed E-state index contributed by atoms with van der Waals surface area (Å²) in [6.07, 6.45) is 0.396. The second-order valence-corrected chi connectivity index (χ2v) is 6.11. The minimum atomic E-state index is -0.357. The van der Waals surface area contributed by atoms with Crippen molar-refractivity contribution < 1.29 is 14.1 Å². The van der Waals surface area contributed by atoms with E-state index >= 15 is 0 Å². The third-order valence-electron chi connectivity index (χ3n) is 3.68. The van der Waals surface area contributed by atoms with Crippen LogP contribution in [-0.2, 0) is 11.3 Å². The fraction of sp³-hybridized carbons (Fsp3) is 0.389. The van der Waals surface area contributed by atoms with E-state index in [1.807, 2.05) is 32.9 Å². The van der Waals surface area contributed by atoms with Crippen LogP contribution in [0.1, 0.15) is 50.1 Å². The van der Waals surface area contributed by atoms with Crippen LogP contribution in [0.4, 0.5) is 16.2 Å². The van der Waals surface area contributed by atoms with Crippen molar-refractivity contribution in [2.45, 2.75) is 46.6 Å². The van der Waals surface area contributed by atoms with E-state index in [1.54, 1.807) is 19.1 Å². The molecule has 2 aromatic rings. The highest BCUT2D eigenvalue weighted by molar-refractivity contribution is 5.94. The maximum absolute atomic E-state index is 12.1. The van der Waals surface area contributed by atoms with Gasteiger partial charge in [-0.1, -0.05) is 32.0 Å². The molecule has 0 aliphatic rings. The molecule has 3 amide bonds. The van der Waals surface area contributed by atoms with Gasteiger partial charge in [0.2, 0.25) is 5.91 Å². The topological polar surface area (TPSA) is 96.3 Å². The number of aryl methyl sites for hydroxylation is 1. The van der Waals surface area contributed by atoms with Crippen LogP contribution >= 0.6 is 0 Å². The molecule has 0 radical (unpaired) electrons. The lowest BCUT2D eigenvalue weighted by Gasteiger charge is -2.11. The van der Waals surface area contributed by atoms with Crippen molar-refractivity contribution in [3.63, 3.8) is 0 Å². The van der Waals surface area contributed by atoms with Crippen LogP contribution in [0.3, 0.4) is 0 Å². The van der Waals surface area contributed by atoms with Crippen LogP contribution in [0, 0.1) is 6.92 Å². The van der Waals surface area contributed by atoms with Gasteiger partial charge in [0.05, 0.1) is 12.2 Å². The number of urea groups is 1. The first kappa shape index (κ1) is 18.5. The first-order valence-electron chi connectivity index (χ1n) is 8.30. The van der Waals surface area contributed by atoms with Gasteiger partial charge < -0.3 is 20.5 Å². The van der Waals surface area contributed by atoms with E-state index in [2.05, 4.69) is 21.1 Å². The summed E-state index contributed by atoms with van der Waals surface area (Å²) >= 11 is 0. The van der Waals surface area contributed by atoms with Gasteiger partial charge in [-0.15, -0.1) is 0 Å². The zero-order valence-electron chi connectivity index (χ0n) is 15.0. The fourth-order valence-electron chi connectivity index (χ4n) is 2.10. The molecule has 0 saturated heterocycles. The highest BCUT2D eigenvalue weighted by Gasteiger charge is 2.10. The molecule has 0 atom stereocenters. The largest absolute Gasteiger partial charge is 0.359 e. The molecule has 0 bridgehead atoms. The van der Waals surface area contributed by atoms with Crippen molar-refractivity contribution in [1.82, 2.24) is 10.5 Å². The van der Waals surface area contributed by atoms with Gasteiger partial charge in [0.15, 0.2) is 5.76 Å². The van der Waals surface area contributed by atoms with Crippen molar-refractivity contribution in [3.05, 3.63) is 41.3 Å². The van der Waals surface area contributed by atoms with E-state index in [1.165, 1.54) is 0 Å². The van der Waals surface area contributed by atoms with Gasteiger partial charge in [-0.05, 0) is 30.5 Å². The van der Waals surface area contributed by atoms with Crippen LogP contribution in [0.2, 0.25) is 0 Å². The average molecular weight is 344 g/mol. The molecule has 0 aliphatic heterocycles. The number of carbonyl (C=O) groups is 2. The Hall–Kier alpha value is -2.83. The van der Waals surface area contributed by atoms with Crippen molar-refractivity contribution in [3.8, 4) is 0 Å². The molecular formula is C18H24N4O3. The SMILES string of the molecule is CCC(=O)Nc1ccc(C)c(NC(=O)NCc2cc(C(C)C)no2)c1. The smallest absolute Gasteiger partial charge is 0.319 e. The van der Waals surface area contributed by atoms with E-state index < -0.39 is 0 Å². The average Bonchev–Trinajstić information content (AvgIpc) is 3.05. The Labute approximate surface area is 147 Å². The number of carbonyl (C=O) groups excluding carboxylic acids is 2. The molecule has 1 aromatic carbocycles. The van der Waals surface area contributed by atoms with Crippen LogP contribution in [0.25, 0.3) is 0 Å². The minimum Gasteiger partial charge on any atom is -0.359 e. The Kier molecular flexibility index (Phi) is 6.16. The van der Waals surface area contributed by atoms with E-state index in [0.717, 1.165) is 11.3 Å². The number of amides is 3. The Morgan fingerprint density at radius 1 is 1.20 bits per heavy atom. The fourth-order valence-corrected chi connectivity index (χ4v) is 2.10. The zero-order chi connectivity index (χ0) is 18.4. The number of aromatic nitrogens is 1. The van der Waals surface area contributed by atoms with Crippen LogP contribution in [-0.4, -0.2) is 17.1 Å². The molecule has 0 aliphatic carbocycles. The normalized spacial score (nSPS) is 10.6. The lowest BCUT2D eigenvalue weighted by molar-refractivity contribution is -0.115. The third kappa shape index (κ3) is 5.34.